The standard InChI is InChI=1S/C11H23NO2/c1-9(2)7-12-8-11(13)4-5-14-10(3)6-11/h9-10,12-13H,4-8H2,1-3H3. The van der Waals surface area contributed by atoms with Gasteiger partial charge in [0.25, 0.3) is 0 Å². The average Bonchev–Trinajstić information content (AvgIpc) is 2.01. The molecule has 0 saturated carbocycles. The molecule has 0 aromatic carbocycles. The number of hydrogen-bond donors (Lipinski definition) is 2. The van der Waals surface area contributed by atoms with Gasteiger partial charge in [-0.3, -0.25) is 0 Å². The second-order valence-electron chi connectivity index (χ2n) is 4.88. The number of aliphatic hydroxyl groups is 1. The molecule has 3 nitrogen and oxygen atoms in total. The summed E-state index contributed by atoms with van der Waals surface area (Å²) in [6, 6.07) is 0. The van der Waals surface area contributed by atoms with Crippen LogP contribution in [0.5, 0.6) is 0 Å². The third-order valence-electron chi connectivity index (χ3n) is 2.64. The Bertz CT molecular complexity index is 173. The Morgan fingerprint density at radius 2 is 2.29 bits per heavy atom. The van der Waals surface area contributed by atoms with Crippen LogP contribution in [-0.4, -0.2) is 36.5 Å². The van der Waals surface area contributed by atoms with Crippen LogP contribution in [0.25, 0.3) is 0 Å². The van der Waals surface area contributed by atoms with Crippen LogP contribution in [0.2, 0.25) is 0 Å². The Hall–Kier alpha value is -0.120. The lowest BCUT2D eigenvalue weighted by Crippen LogP contribution is -2.47. The van der Waals surface area contributed by atoms with E-state index in [0.29, 0.717) is 19.1 Å². The zero-order chi connectivity index (χ0) is 10.6. The first-order valence-corrected chi connectivity index (χ1v) is 5.56. The normalized spacial score (nSPS) is 33.6. The Labute approximate surface area is 86.8 Å². The van der Waals surface area contributed by atoms with Crippen molar-refractivity contribution in [1.29, 1.82) is 0 Å². The molecule has 0 aliphatic carbocycles. The van der Waals surface area contributed by atoms with Gasteiger partial charge in [0.1, 0.15) is 0 Å². The van der Waals surface area contributed by atoms with Crippen molar-refractivity contribution < 1.29 is 9.84 Å². The zero-order valence-corrected chi connectivity index (χ0v) is 9.55. The molecule has 2 N–H and O–H groups in total. The summed E-state index contributed by atoms with van der Waals surface area (Å²) in [5, 5.41) is 13.5. The summed E-state index contributed by atoms with van der Waals surface area (Å²) in [5.41, 5.74) is -0.549. The molecule has 1 saturated heterocycles. The van der Waals surface area contributed by atoms with E-state index in [9.17, 15) is 5.11 Å². The van der Waals surface area contributed by atoms with Crippen molar-refractivity contribution >= 4 is 0 Å². The fourth-order valence-electron chi connectivity index (χ4n) is 1.90. The van der Waals surface area contributed by atoms with Gasteiger partial charge in [0, 0.05) is 26.0 Å². The average molecular weight is 201 g/mol. The minimum atomic E-state index is -0.549. The molecule has 14 heavy (non-hydrogen) atoms. The molecular weight excluding hydrogens is 178 g/mol. The molecule has 1 rings (SSSR count). The molecule has 0 aromatic rings. The molecule has 1 aliphatic rings. The second-order valence-corrected chi connectivity index (χ2v) is 4.88. The third-order valence-corrected chi connectivity index (χ3v) is 2.64. The maximum atomic E-state index is 10.2. The molecule has 1 fully saturated rings. The van der Waals surface area contributed by atoms with Gasteiger partial charge in [-0.1, -0.05) is 13.8 Å². The summed E-state index contributed by atoms with van der Waals surface area (Å²) in [6.07, 6.45) is 1.69. The number of rotatable bonds is 4. The smallest absolute Gasteiger partial charge is 0.0818 e. The molecule has 0 spiro atoms. The summed E-state index contributed by atoms with van der Waals surface area (Å²) in [5.74, 6) is 0.635. The molecule has 0 radical (unpaired) electrons. The van der Waals surface area contributed by atoms with E-state index in [4.69, 9.17) is 4.74 Å². The highest BCUT2D eigenvalue weighted by atomic mass is 16.5. The van der Waals surface area contributed by atoms with Crippen molar-refractivity contribution in [3.05, 3.63) is 0 Å². The molecule has 3 heteroatoms. The van der Waals surface area contributed by atoms with Crippen LogP contribution in [-0.2, 0) is 4.74 Å². The Morgan fingerprint density at radius 1 is 1.57 bits per heavy atom. The van der Waals surface area contributed by atoms with Gasteiger partial charge >= 0.3 is 0 Å². The van der Waals surface area contributed by atoms with Crippen LogP contribution in [0.3, 0.4) is 0 Å². The molecular formula is C11H23NO2. The van der Waals surface area contributed by atoms with Crippen molar-refractivity contribution in [3.8, 4) is 0 Å². The predicted molar refractivity (Wildman–Crippen MR) is 57.3 cm³/mol. The lowest BCUT2D eigenvalue weighted by atomic mass is 9.91. The van der Waals surface area contributed by atoms with E-state index < -0.39 is 5.60 Å². The molecule has 0 amide bonds. The monoisotopic (exact) mass is 201 g/mol. The van der Waals surface area contributed by atoms with E-state index >= 15 is 0 Å². The van der Waals surface area contributed by atoms with E-state index in [-0.39, 0.29) is 6.10 Å². The Kier molecular flexibility index (Phi) is 4.35. The van der Waals surface area contributed by atoms with Crippen LogP contribution in [0, 0.1) is 5.92 Å². The van der Waals surface area contributed by atoms with Crippen molar-refractivity contribution in [2.45, 2.75) is 45.3 Å². The fourth-order valence-corrected chi connectivity index (χ4v) is 1.90. The Balaban J connectivity index is 2.26. The highest BCUT2D eigenvalue weighted by molar-refractivity contribution is 4.86. The third kappa shape index (κ3) is 3.95. The van der Waals surface area contributed by atoms with Crippen molar-refractivity contribution in [2.24, 2.45) is 5.92 Å². The van der Waals surface area contributed by atoms with Gasteiger partial charge in [-0.25, -0.2) is 0 Å². The first-order valence-electron chi connectivity index (χ1n) is 5.56. The van der Waals surface area contributed by atoms with E-state index in [2.05, 4.69) is 19.2 Å². The van der Waals surface area contributed by atoms with Crippen LogP contribution >= 0.6 is 0 Å². The van der Waals surface area contributed by atoms with Gasteiger partial charge in [0.15, 0.2) is 0 Å². The van der Waals surface area contributed by atoms with Crippen LogP contribution in [0.1, 0.15) is 33.6 Å². The van der Waals surface area contributed by atoms with Crippen molar-refractivity contribution in [2.75, 3.05) is 19.7 Å². The maximum Gasteiger partial charge on any atom is 0.0818 e. The summed E-state index contributed by atoms with van der Waals surface area (Å²) >= 11 is 0. The van der Waals surface area contributed by atoms with E-state index in [1.807, 2.05) is 6.92 Å². The minimum absolute atomic E-state index is 0.189. The summed E-state index contributed by atoms with van der Waals surface area (Å²) in [6.45, 7) is 8.71. The number of nitrogens with one attached hydrogen (secondary N) is 1. The molecule has 1 heterocycles. The van der Waals surface area contributed by atoms with E-state index in [1.54, 1.807) is 0 Å². The van der Waals surface area contributed by atoms with Gasteiger partial charge in [-0.15, -0.1) is 0 Å². The SMILES string of the molecule is CC(C)CNCC1(O)CCOC(C)C1. The largest absolute Gasteiger partial charge is 0.388 e. The molecule has 1 aliphatic heterocycles. The highest BCUT2D eigenvalue weighted by Gasteiger charge is 2.32. The van der Waals surface area contributed by atoms with Gasteiger partial charge in [0.2, 0.25) is 0 Å². The van der Waals surface area contributed by atoms with Crippen LogP contribution < -0.4 is 5.32 Å². The fraction of sp³-hybridized carbons (Fsp3) is 1.00. The zero-order valence-electron chi connectivity index (χ0n) is 9.55. The maximum absolute atomic E-state index is 10.2. The van der Waals surface area contributed by atoms with Crippen LogP contribution in [0.15, 0.2) is 0 Å². The van der Waals surface area contributed by atoms with Gasteiger partial charge < -0.3 is 15.2 Å². The molecule has 0 bridgehead atoms. The highest BCUT2D eigenvalue weighted by Crippen LogP contribution is 2.23. The topological polar surface area (TPSA) is 41.5 Å². The van der Waals surface area contributed by atoms with E-state index in [0.717, 1.165) is 19.4 Å². The Morgan fingerprint density at radius 3 is 2.86 bits per heavy atom. The molecule has 84 valence electrons. The lowest BCUT2D eigenvalue weighted by Gasteiger charge is -2.35. The molecule has 0 aromatic heterocycles. The first-order chi connectivity index (χ1) is 6.52. The molecule has 2 atom stereocenters. The van der Waals surface area contributed by atoms with Crippen LogP contribution in [0.4, 0.5) is 0 Å². The minimum Gasteiger partial charge on any atom is -0.388 e. The first kappa shape index (κ1) is 12.0. The molecule has 2 unspecified atom stereocenters. The summed E-state index contributed by atoms with van der Waals surface area (Å²) in [7, 11) is 0. The van der Waals surface area contributed by atoms with Gasteiger partial charge in [-0.2, -0.15) is 0 Å². The summed E-state index contributed by atoms with van der Waals surface area (Å²) in [4.78, 5) is 0. The van der Waals surface area contributed by atoms with Gasteiger partial charge in [0.05, 0.1) is 11.7 Å². The van der Waals surface area contributed by atoms with Gasteiger partial charge in [-0.05, 0) is 19.4 Å². The second kappa shape index (κ2) is 5.10. The number of ether oxygens (including phenoxy) is 1. The quantitative estimate of drug-likeness (QED) is 0.717. The van der Waals surface area contributed by atoms with Crippen molar-refractivity contribution in [3.63, 3.8) is 0 Å². The predicted octanol–water partition coefficient (Wildman–Crippen LogP) is 1.16. The van der Waals surface area contributed by atoms with Crippen molar-refractivity contribution in [1.82, 2.24) is 5.32 Å². The summed E-state index contributed by atoms with van der Waals surface area (Å²) < 4.78 is 5.41. The van der Waals surface area contributed by atoms with E-state index in [1.165, 1.54) is 0 Å². The number of hydrogen-bond acceptors (Lipinski definition) is 3. The lowest BCUT2D eigenvalue weighted by molar-refractivity contribution is -0.0950.